The van der Waals surface area contributed by atoms with Gasteiger partial charge in [0.25, 0.3) is 0 Å². The van der Waals surface area contributed by atoms with Gasteiger partial charge in [0.15, 0.2) is 5.96 Å². The molecular formula is C12H22IN3. The molecule has 2 unspecified atom stereocenters. The number of guanidine groups is 1. The Labute approximate surface area is 115 Å². The molecule has 1 fully saturated rings. The molecule has 3 nitrogen and oxygen atoms in total. The first-order valence-corrected chi connectivity index (χ1v) is 6.02. The van der Waals surface area contributed by atoms with E-state index in [1.807, 2.05) is 0 Å². The van der Waals surface area contributed by atoms with Crippen molar-refractivity contribution in [2.75, 3.05) is 6.54 Å². The number of aliphatic imine (C=N–C) groups is 1. The van der Waals surface area contributed by atoms with E-state index in [0.29, 0.717) is 12.1 Å². The van der Waals surface area contributed by atoms with Crippen molar-refractivity contribution in [1.82, 2.24) is 10.6 Å². The van der Waals surface area contributed by atoms with Crippen LogP contribution in [0.5, 0.6) is 0 Å². The van der Waals surface area contributed by atoms with E-state index < -0.39 is 0 Å². The summed E-state index contributed by atoms with van der Waals surface area (Å²) in [5, 5.41) is 6.96. The summed E-state index contributed by atoms with van der Waals surface area (Å²) in [5.41, 5.74) is 0. The van der Waals surface area contributed by atoms with Gasteiger partial charge in [-0.3, -0.25) is 4.99 Å². The van der Waals surface area contributed by atoms with Gasteiger partial charge in [0.1, 0.15) is 0 Å². The van der Waals surface area contributed by atoms with Crippen LogP contribution < -0.4 is 10.6 Å². The number of nitrogens with zero attached hydrogens (tertiary/aromatic N) is 1. The van der Waals surface area contributed by atoms with Gasteiger partial charge < -0.3 is 10.6 Å². The fourth-order valence-electron chi connectivity index (χ4n) is 1.92. The molecule has 92 valence electrons. The Morgan fingerprint density at radius 3 is 2.44 bits per heavy atom. The van der Waals surface area contributed by atoms with Gasteiger partial charge in [0.05, 0.1) is 0 Å². The lowest BCUT2D eigenvalue weighted by molar-refractivity contribution is 0.627. The predicted octanol–water partition coefficient (Wildman–Crippen LogP) is 2.29. The molecule has 0 aliphatic heterocycles. The van der Waals surface area contributed by atoms with Crippen LogP contribution in [0.15, 0.2) is 17.1 Å². The minimum absolute atomic E-state index is 0. The number of rotatable bonds is 3. The third-order valence-electron chi connectivity index (χ3n) is 3.10. The number of hydrogen-bond acceptors (Lipinski definition) is 1. The van der Waals surface area contributed by atoms with Crippen molar-refractivity contribution < 1.29 is 0 Å². The summed E-state index contributed by atoms with van der Waals surface area (Å²) in [6.45, 7) is 5.20. The summed E-state index contributed by atoms with van der Waals surface area (Å²) in [6, 6.07) is 1.20. The highest BCUT2D eigenvalue weighted by molar-refractivity contribution is 14.0. The normalized spacial score (nSPS) is 28.8. The lowest BCUT2D eigenvalue weighted by Gasteiger charge is -2.17. The SMILES string of the molecule is CCN=C(NC1CC=CC1)NC1CC1C.I. The van der Waals surface area contributed by atoms with Gasteiger partial charge >= 0.3 is 0 Å². The molecule has 0 aromatic carbocycles. The zero-order valence-corrected chi connectivity index (χ0v) is 12.4. The molecular weight excluding hydrogens is 313 g/mol. The lowest BCUT2D eigenvalue weighted by Crippen LogP contribution is -2.43. The molecule has 2 aliphatic rings. The van der Waals surface area contributed by atoms with Crippen LogP contribution in [0, 0.1) is 5.92 Å². The molecule has 2 aliphatic carbocycles. The summed E-state index contributed by atoms with van der Waals surface area (Å²) < 4.78 is 0. The topological polar surface area (TPSA) is 36.4 Å². The maximum absolute atomic E-state index is 4.47. The van der Waals surface area contributed by atoms with Crippen LogP contribution in [-0.4, -0.2) is 24.6 Å². The molecule has 0 spiro atoms. The van der Waals surface area contributed by atoms with Gasteiger partial charge in [-0.15, -0.1) is 24.0 Å². The number of hydrogen-bond donors (Lipinski definition) is 2. The first-order valence-electron chi connectivity index (χ1n) is 6.02. The molecule has 2 atom stereocenters. The van der Waals surface area contributed by atoms with Crippen LogP contribution >= 0.6 is 24.0 Å². The molecule has 0 heterocycles. The molecule has 2 rings (SSSR count). The molecule has 2 N–H and O–H groups in total. The standard InChI is InChI=1S/C12H21N3.HI/c1-3-13-12(15-11-8-9(11)2)14-10-6-4-5-7-10;/h4-5,9-11H,3,6-8H2,1-2H3,(H2,13,14,15);1H. The average molecular weight is 335 g/mol. The van der Waals surface area contributed by atoms with Crippen LogP contribution in [0.4, 0.5) is 0 Å². The fourth-order valence-corrected chi connectivity index (χ4v) is 1.92. The second kappa shape index (κ2) is 6.47. The van der Waals surface area contributed by atoms with E-state index in [9.17, 15) is 0 Å². The molecule has 0 saturated heterocycles. The molecule has 0 amide bonds. The van der Waals surface area contributed by atoms with E-state index >= 15 is 0 Å². The molecule has 1 saturated carbocycles. The number of nitrogens with one attached hydrogen (secondary N) is 2. The monoisotopic (exact) mass is 335 g/mol. The summed E-state index contributed by atoms with van der Waals surface area (Å²) in [7, 11) is 0. The minimum Gasteiger partial charge on any atom is -0.353 e. The first-order chi connectivity index (χ1) is 7.29. The van der Waals surface area contributed by atoms with Crippen LogP contribution in [-0.2, 0) is 0 Å². The first kappa shape index (κ1) is 13.8. The zero-order chi connectivity index (χ0) is 10.7. The van der Waals surface area contributed by atoms with Gasteiger partial charge in [-0.05, 0) is 32.1 Å². The van der Waals surface area contributed by atoms with Crippen LogP contribution in [0.2, 0.25) is 0 Å². The second-order valence-corrected chi connectivity index (χ2v) is 4.57. The van der Waals surface area contributed by atoms with Crippen LogP contribution in [0.1, 0.15) is 33.1 Å². The van der Waals surface area contributed by atoms with E-state index in [0.717, 1.165) is 31.3 Å². The van der Waals surface area contributed by atoms with Crippen molar-refractivity contribution in [3.8, 4) is 0 Å². The van der Waals surface area contributed by atoms with Crippen molar-refractivity contribution >= 4 is 29.9 Å². The Hall–Kier alpha value is -0.260. The molecule has 4 heteroatoms. The summed E-state index contributed by atoms with van der Waals surface area (Å²) in [6.07, 6.45) is 8.02. The van der Waals surface area contributed by atoms with E-state index in [4.69, 9.17) is 0 Å². The lowest BCUT2D eigenvalue weighted by atomic mass is 10.2. The van der Waals surface area contributed by atoms with Crippen LogP contribution in [0.25, 0.3) is 0 Å². The molecule has 16 heavy (non-hydrogen) atoms. The Morgan fingerprint density at radius 1 is 1.31 bits per heavy atom. The van der Waals surface area contributed by atoms with Crippen molar-refractivity contribution in [3.05, 3.63) is 12.2 Å². The minimum atomic E-state index is 0. The third kappa shape index (κ3) is 3.96. The molecule has 0 aromatic rings. The van der Waals surface area contributed by atoms with Crippen LogP contribution in [0.3, 0.4) is 0 Å². The highest BCUT2D eigenvalue weighted by atomic mass is 127. The predicted molar refractivity (Wildman–Crippen MR) is 79.4 cm³/mol. The maximum Gasteiger partial charge on any atom is 0.191 e. The van der Waals surface area contributed by atoms with Gasteiger partial charge in [-0.2, -0.15) is 0 Å². The number of halogens is 1. The van der Waals surface area contributed by atoms with E-state index in [-0.39, 0.29) is 24.0 Å². The van der Waals surface area contributed by atoms with Crippen molar-refractivity contribution in [1.29, 1.82) is 0 Å². The quantitative estimate of drug-likeness (QED) is 0.359. The Balaban J connectivity index is 0.00000128. The zero-order valence-electron chi connectivity index (χ0n) is 10.1. The van der Waals surface area contributed by atoms with E-state index in [1.54, 1.807) is 0 Å². The fraction of sp³-hybridized carbons (Fsp3) is 0.750. The van der Waals surface area contributed by atoms with Gasteiger partial charge in [0, 0.05) is 18.6 Å². The molecule has 0 radical (unpaired) electrons. The summed E-state index contributed by atoms with van der Waals surface area (Å²) in [5.74, 6) is 1.82. The van der Waals surface area contributed by atoms with Crippen molar-refractivity contribution in [3.63, 3.8) is 0 Å². The van der Waals surface area contributed by atoms with Gasteiger partial charge in [-0.1, -0.05) is 19.1 Å². The largest absolute Gasteiger partial charge is 0.353 e. The van der Waals surface area contributed by atoms with Crippen molar-refractivity contribution in [2.45, 2.75) is 45.2 Å². The summed E-state index contributed by atoms with van der Waals surface area (Å²) in [4.78, 5) is 4.47. The Bertz CT molecular complexity index is 267. The molecule has 0 bridgehead atoms. The highest BCUT2D eigenvalue weighted by Crippen LogP contribution is 2.28. The maximum atomic E-state index is 4.47. The van der Waals surface area contributed by atoms with E-state index in [2.05, 4.69) is 41.6 Å². The Kier molecular flexibility index (Phi) is 5.58. The smallest absolute Gasteiger partial charge is 0.191 e. The average Bonchev–Trinajstić information content (AvgIpc) is 2.69. The van der Waals surface area contributed by atoms with Crippen molar-refractivity contribution in [2.24, 2.45) is 10.9 Å². The summed E-state index contributed by atoms with van der Waals surface area (Å²) >= 11 is 0. The third-order valence-corrected chi connectivity index (χ3v) is 3.10. The Morgan fingerprint density at radius 2 is 1.94 bits per heavy atom. The highest BCUT2D eigenvalue weighted by Gasteiger charge is 2.33. The molecule has 0 aromatic heterocycles. The second-order valence-electron chi connectivity index (χ2n) is 4.57. The van der Waals surface area contributed by atoms with Gasteiger partial charge in [0.2, 0.25) is 0 Å². The van der Waals surface area contributed by atoms with E-state index in [1.165, 1.54) is 6.42 Å². The van der Waals surface area contributed by atoms with Gasteiger partial charge in [-0.25, -0.2) is 0 Å².